The number of amides is 1. The average Bonchev–Trinajstić information content (AvgIpc) is 3.57. The molecule has 0 atom stereocenters. The largest absolute Gasteiger partial charge is 0.494 e. The highest BCUT2D eigenvalue weighted by Gasteiger charge is 2.24. The number of carbonyl (C=O) groups excluding carboxylic acids is 1. The lowest BCUT2D eigenvalue weighted by Gasteiger charge is -2.13. The van der Waals surface area contributed by atoms with Crippen molar-refractivity contribution in [3.05, 3.63) is 62.8 Å². The van der Waals surface area contributed by atoms with Gasteiger partial charge in [-0.2, -0.15) is 5.10 Å². The van der Waals surface area contributed by atoms with Gasteiger partial charge in [0.2, 0.25) is 5.75 Å². The first-order chi connectivity index (χ1) is 20.0. The number of hydrogen-bond donors (Lipinski definition) is 1. The van der Waals surface area contributed by atoms with Crippen molar-refractivity contribution in [3.63, 3.8) is 0 Å². The van der Waals surface area contributed by atoms with Crippen molar-refractivity contribution in [1.29, 1.82) is 0 Å². The van der Waals surface area contributed by atoms with Crippen molar-refractivity contribution >= 4 is 45.4 Å². The Morgan fingerprint density at radius 1 is 1.12 bits per heavy atom. The van der Waals surface area contributed by atoms with E-state index >= 15 is 0 Å². The summed E-state index contributed by atoms with van der Waals surface area (Å²) >= 11 is 2.75. The van der Waals surface area contributed by atoms with E-state index in [1.165, 1.54) is 44.2 Å². The molecule has 0 bridgehead atoms. The van der Waals surface area contributed by atoms with Gasteiger partial charge in [-0.25, -0.2) is 10.4 Å². The van der Waals surface area contributed by atoms with E-state index in [4.69, 9.17) is 23.9 Å². The molecule has 5 rings (SSSR count). The predicted molar refractivity (Wildman–Crippen MR) is 161 cm³/mol. The molecule has 0 fully saturated rings. The summed E-state index contributed by atoms with van der Waals surface area (Å²) in [7, 11) is 4.58. The summed E-state index contributed by atoms with van der Waals surface area (Å²) in [6.45, 7) is 2.47. The molecule has 4 aromatic rings. The van der Waals surface area contributed by atoms with Crippen LogP contribution in [0.3, 0.4) is 0 Å². The molecular formula is C29H30N4O6S2. The number of nitrogens with one attached hydrogen (secondary N) is 1. The van der Waals surface area contributed by atoms with E-state index in [0.29, 0.717) is 56.2 Å². The zero-order chi connectivity index (χ0) is 28.9. The van der Waals surface area contributed by atoms with Gasteiger partial charge in [-0.05, 0) is 68.1 Å². The number of aryl methyl sites for hydroxylation is 2. The number of ether oxygens (including phenoxy) is 4. The van der Waals surface area contributed by atoms with Crippen LogP contribution in [0.2, 0.25) is 0 Å². The first-order valence-corrected chi connectivity index (χ1v) is 14.8. The van der Waals surface area contributed by atoms with Crippen LogP contribution >= 0.6 is 23.1 Å². The number of thioether (sulfide) groups is 1. The number of thiophene rings is 1. The smallest absolute Gasteiger partial charge is 0.267 e. The van der Waals surface area contributed by atoms with Crippen molar-refractivity contribution in [2.75, 3.05) is 33.7 Å². The molecule has 2 aromatic carbocycles. The molecule has 0 saturated carbocycles. The van der Waals surface area contributed by atoms with Crippen molar-refractivity contribution in [3.8, 4) is 28.7 Å². The fraction of sp³-hybridized carbons (Fsp3) is 0.310. The highest BCUT2D eigenvalue weighted by Crippen LogP contribution is 2.38. The van der Waals surface area contributed by atoms with Crippen LogP contribution in [0.15, 0.2) is 51.5 Å². The Hall–Kier alpha value is -4.03. The Morgan fingerprint density at radius 3 is 2.51 bits per heavy atom. The molecule has 0 radical (unpaired) electrons. The van der Waals surface area contributed by atoms with Crippen LogP contribution < -0.4 is 29.9 Å². The number of fused-ring (bicyclic) bond motifs is 3. The number of carbonyl (C=O) groups is 1. The molecule has 1 N–H and O–H groups in total. The maximum atomic E-state index is 13.8. The van der Waals surface area contributed by atoms with Crippen LogP contribution in [0, 0.1) is 0 Å². The second-order valence-electron chi connectivity index (χ2n) is 9.04. The molecule has 2 aromatic heterocycles. The lowest BCUT2D eigenvalue weighted by Crippen LogP contribution is -2.24. The molecule has 12 heteroatoms. The molecule has 1 aliphatic rings. The Kier molecular flexibility index (Phi) is 8.79. The maximum absolute atomic E-state index is 13.8. The molecule has 0 aliphatic heterocycles. The van der Waals surface area contributed by atoms with Crippen LogP contribution in [-0.2, 0) is 17.6 Å². The molecule has 214 valence electrons. The molecule has 0 saturated heterocycles. The summed E-state index contributed by atoms with van der Waals surface area (Å²) in [6, 6.07) is 10.8. The Morgan fingerprint density at radius 2 is 1.85 bits per heavy atom. The van der Waals surface area contributed by atoms with Gasteiger partial charge < -0.3 is 18.9 Å². The quantitative estimate of drug-likeness (QED) is 0.116. The van der Waals surface area contributed by atoms with Crippen molar-refractivity contribution in [2.24, 2.45) is 5.10 Å². The summed E-state index contributed by atoms with van der Waals surface area (Å²) in [4.78, 5) is 33.4. The summed E-state index contributed by atoms with van der Waals surface area (Å²) in [6.07, 6.45) is 4.38. The Bertz CT molecular complexity index is 1640. The molecule has 2 heterocycles. The fourth-order valence-electron chi connectivity index (χ4n) is 4.72. The minimum Gasteiger partial charge on any atom is -0.494 e. The summed E-state index contributed by atoms with van der Waals surface area (Å²) in [5.74, 6) is 1.79. The van der Waals surface area contributed by atoms with E-state index in [1.807, 2.05) is 31.2 Å². The second kappa shape index (κ2) is 12.6. The van der Waals surface area contributed by atoms with Crippen LogP contribution in [0.5, 0.6) is 23.0 Å². The third-order valence-corrected chi connectivity index (χ3v) is 8.66. The van der Waals surface area contributed by atoms with Gasteiger partial charge in [-0.1, -0.05) is 11.8 Å². The van der Waals surface area contributed by atoms with E-state index in [2.05, 4.69) is 10.5 Å². The average molecular weight is 595 g/mol. The van der Waals surface area contributed by atoms with Crippen LogP contribution in [0.4, 0.5) is 0 Å². The van der Waals surface area contributed by atoms with Crippen LogP contribution in [0.1, 0.15) is 29.3 Å². The first-order valence-electron chi connectivity index (χ1n) is 13.0. The number of methoxy groups -OCH3 is 3. The van der Waals surface area contributed by atoms with Crippen molar-refractivity contribution < 1.29 is 23.7 Å². The molecule has 1 aliphatic carbocycles. The highest BCUT2D eigenvalue weighted by atomic mass is 32.2. The minimum absolute atomic E-state index is 0.00661. The second-order valence-corrected chi connectivity index (χ2v) is 11.1. The Labute approximate surface area is 245 Å². The van der Waals surface area contributed by atoms with Gasteiger partial charge in [0.25, 0.3) is 11.5 Å². The monoisotopic (exact) mass is 594 g/mol. The third kappa shape index (κ3) is 5.89. The van der Waals surface area contributed by atoms with Crippen molar-refractivity contribution in [2.45, 2.75) is 31.3 Å². The molecule has 1 amide bonds. The number of rotatable bonds is 11. The van der Waals surface area contributed by atoms with Crippen molar-refractivity contribution in [1.82, 2.24) is 15.0 Å². The van der Waals surface area contributed by atoms with E-state index in [-0.39, 0.29) is 17.2 Å². The summed E-state index contributed by atoms with van der Waals surface area (Å²) in [5.41, 5.74) is 4.83. The number of benzene rings is 2. The molecule has 41 heavy (non-hydrogen) atoms. The number of aromatic nitrogens is 2. The standard InChI is InChI=1S/C29H30N4O6S2/c1-5-39-19-11-9-18(10-12-19)33-28(35)25-20-7-6-8-23(20)41-27(25)31-29(33)40-16-24(34)32-30-15-17-13-21(36-2)26(38-4)22(14-17)37-3/h9-15H,5-8,16H2,1-4H3,(H,32,34). The van der Waals surface area contributed by atoms with Gasteiger partial charge in [-0.15, -0.1) is 11.3 Å². The molecule has 10 nitrogen and oxygen atoms in total. The molecule has 0 unspecified atom stereocenters. The van der Waals surface area contributed by atoms with Gasteiger partial charge in [0.05, 0.1) is 51.0 Å². The molecular weight excluding hydrogens is 564 g/mol. The van der Waals surface area contributed by atoms with E-state index in [1.54, 1.807) is 28.0 Å². The van der Waals surface area contributed by atoms with Gasteiger partial charge in [-0.3, -0.25) is 14.2 Å². The summed E-state index contributed by atoms with van der Waals surface area (Å²) in [5, 5.41) is 5.20. The third-order valence-electron chi connectivity index (χ3n) is 6.54. The number of nitrogens with zero attached hydrogens (tertiary/aromatic N) is 3. The first kappa shape index (κ1) is 28.5. The van der Waals surface area contributed by atoms with E-state index < -0.39 is 0 Å². The van der Waals surface area contributed by atoms with Gasteiger partial charge >= 0.3 is 0 Å². The maximum Gasteiger partial charge on any atom is 0.267 e. The normalized spacial score (nSPS) is 12.5. The lowest BCUT2D eigenvalue weighted by molar-refractivity contribution is -0.118. The van der Waals surface area contributed by atoms with Crippen LogP contribution in [0.25, 0.3) is 15.9 Å². The topological polar surface area (TPSA) is 113 Å². The molecule has 0 spiro atoms. The Balaban J connectivity index is 1.37. The lowest BCUT2D eigenvalue weighted by atomic mass is 10.2. The predicted octanol–water partition coefficient (Wildman–Crippen LogP) is 4.60. The number of hydrazone groups is 1. The highest BCUT2D eigenvalue weighted by molar-refractivity contribution is 7.99. The van der Waals surface area contributed by atoms with Gasteiger partial charge in [0.15, 0.2) is 16.7 Å². The number of hydrogen-bond acceptors (Lipinski definition) is 10. The SMILES string of the molecule is CCOc1ccc(-n2c(SCC(=O)NN=Cc3cc(OC)c(OC)c(OC)c3)nc3sc4c(c3c2=O)CCC4)cc1. The zero-order valence-corrected chi connectivity index (χ0v) is 24.8. The minimum atomic E-state index is -0.347. The van der Waals surface area contributed by atoms with Gasteiger partial charge in [0.1, 0.15) is 10.6 Å². The fourth-order valence-corrected chi connectivity index (χ4v) is 6.83. The van der Waals surface area contributed by atoms with Crippen LogP contribution in [-0.4, -0.2) is 55.4 Å². The van der Waals surface area contributed by atoms with E-state index in [9.17, 15) is 9.59 Å². The van der Waals surface area contributed by atoms with E-state index in [0.717, 1.165) is 24.8 Å². The summed E-state index contributed by atoms with van der Waals surface area (Å²) < 4.78 is 23.2. The zero-order valence-electron chi connectivity index (χ0n) is 23.2. The van der Waals surface area contributed by atoms with Gasteiger partial charge in [0, 0.05) is 10.4 Å².